The molecule has 5 aromatic rings. The average molecular weight is 541 g/mol. The lowest BCUT2D eigenvalue weighted by molar-refractivity contribution is 0.185. The van der Waals surface area contributed by atoms with Crippen LogP contribution in [0, 0.1) is 0 Å². The number of aryl methyl sites for hydroxylation is 1. The van der Waals surface area contributed by atoms with Gasteiger partial charge in [0.2, 0.25) is 0 Å². The van der Waals surface area contributed by atoms with Gasteiger partial charge in [0.1, 0.15) is 0 Å². The fourth-order valence-corrected chi connectivity index (χ4v) is 8.95. The summed E-state index contributed by atoms with van der Waals surface area (Å²) >= 11 is 0. The first-order chi connectivity index (χ1) is 18.7. The van der Waals surface area contributed by atoms with Crippen LogP contribution in [0.2, 0.25) is 0 Å². The summed E-state index contributed by atoms with van der Waals surface area (Å²) in [6, 6.07) is 26.7. The summed E-state index contributed by atoms with van der Waals surface area (Å²) in [5.41, 5.74) is 1.42. The molecule has 0 radical (unpaired) electrons. The van der Waals surface area contributed by atoms with Crippen LogP contribution in [0.5, 0.6) is 0 Å². The summed E-state index contributed by atoms with van der Waals surface area (Å²) in [7, 11) is -0.845. The van der Waals surface area contributed by atoms with Crippen LogP contribution in [0.4, 0.5) is 0 Å². The van der Waals surface area contributed by atoms with Crippen molar-refractivity contribution in [3.8, 4) is 0 Å². The SMILES string of the molecule is CC(C)N(C(C)C)P(OCCCc1ccc2c3cccc4cccc(c5cccc1c52)c43)N(C(C)C)C(C)C. The fourth-order valence-electron chi connectivity index (χ4n) is 6.57. The van der Waals surface area contributed by atoms with E-state index in [1.807, 2.05) is 0 Å². The minimum Gasteiger partial charge on any atom is -0.331 e. The minimum absolute atomic E-state index is 0.434. The lowest BCUT2D eigenvalue weighted by Crippen LogP contribution is -2.43. The molecule has 0 aliphatic rings. The summed E-state index contributed by atoms with van der Waals surface area (Å²) in [6.07, 6.45) is 2.03. The van der Waals surface area contributed by atoms with Crippen LogP contribution in [0.15, 0.2) is 66.7 Å². The van der Waals surface area contributed by atoms with Crippen molar-refractivity contribution in [1.29, 1.82) is 0 Å². The first-order valence-electron chi connectivity index (χ1n) is 14.8. The van der Waals surface area contributed by atoms with Crippen molar-refractivity contribution < 1.29 is 4.52 Å². The number of hydrogen-bond acceptors (Lipinski definition) is 3. The predicted molar refractivity (Wildman–Crippen MR) is 173 cm³/mol. The Morgan fingerprint density at radius 3 is 1.56 bits per heavy atom. The van der Waals surface area contributed by atoms with Crippen molar-refractivity contribution in [2.75, 3.05) is 6.61 Å². The third-order valence-corrected chi connectivity index (χ3v) is 11.0. The smallest absolute Gasteiger partial charge is 0.188 e. The van der Waals surface area contributed by atoms with Crippen LogP contribution >= 0.6 is 8.45 Å². The summed E-state index contributed by atoms with van der Waals surface area (Å²) in [5.74, 6) is 0. The molecular weight excluding hydrogens is 495 g/mol. The molecule has 206 valence electrons. The van der Waals surface area contributed by atoms with E-state index in [-0.39, 0.29) is 0 Å². The molecule has 0 unspecified atom stereocenters. The second-order valence-electron chi connectivity index (χ2n) is 12.0. The van der Waals surface area contributed by atoms with E-state index < -0.39 is 8.45 Å². The highest BCUT2D eigenvalue weighted by Gasteiger charge is 2.34. The molecule has 39 heavy (non-hydrogen) atoms. The van der Waals surface area contributed by atoms with Crippen molar-refractivity contribution in [3.05, 3.63) is 72.3 Å². The van der Waals surface area contributed by atoms with E-state index in [2.05, 4.69) is 131 Å². The maximum absolute atomic E-state index is 6.83. The third kappa shape index (κ3) is 5.27. The van der Waals surface area contributed by atoms with Gasteiger partial charge in [-0.1, -0.05) is 66.7 Å². The Hall–Kier alpha value is -2.29. The quantitative estimate of drug-likeness (QED) is 0.0717. The zero-order chi connectivity index (χ0) is 27.8. The van der Waals surface area contributed by atoms with E-state index in [0.717, 1.165) is 19.4 Å². The van der Waals surface area contributed by atoms with Crippen molar-refractivity contribution in [1.82, 2.24) is 9.34 Å². The van der Waals surface area contributed by atoms with Crippen molar-refractivity contribution in [2.24, 2.45) is 0 Å². The summed E-state index contributed by atoms with van der Waals surface area (Å²) in [5, 5.41) is 10.9. The molecule has 0 aliphatic carbocycles. The van der Waals surface area contributed by atoms with Crippen LogP contribution in [-0.2, 0) is 10.9 Å². The Labute approximate surface area is 236 Å². The Morgan fingerprint density at radius 2 is 1.03 bits per heavy atom. The maximum Gasteiger partial charge on any atom is 0.188 e. The summed E-state index contributed by atoms with van der Waals surface area (Å²) < 4.78 is 12.0. The Morgan fingerprint density at radius 1 is 0.564 bits per heavy atom. The van der Waals surface area contributed by atoms with E-state index in [1.54, 1.807) is 0 Å². The van der Waals surface area contributed by atoms with Crippen LogP contribution < -0.4 is 0 Å². The number of hydrogen-bond donors (Lipinski definition) is 0. The van der Waals surface area contributed by atoms with Gasteiger partial charge in [-0.2, -0.15) is 0 Å². The topological polar surface area (TPSA) is 15.7 Å². The van der Waals surface area contributed by atoms with Gasteiger partial charge < -0.3 is 4.52 Å². The molecule has 0 fully saturated rings. The van der Waals surface area contributed by atoms with Crippen LogP contribution in [0.3, 0.4) is 0 Å². The van der Waals surface area contributed by atoms with Gasteiger partial charge in [-0.15, -0.1) is 0 Å². The molecule has 0 atom stereocenters. The summed E-state index contributed by atoms with van der Waals surface area (Å²) in [6.45, 7) is 19.1. The second-order valence-corrected chi connectivity index (χ2v) is 13.7. The van der Waals surface area contributed by atoms with Gasteiger partial charge >= 0.3 is 0 Å². The van der Waals surface area contributed by atoms with E-state index >= 15 is 0 Å². The van der Waals surface area contributed by atoms with Crippen molar-refractivity contribution in [3.63, 3.8) is 0 Å². The largest absolute Gasteiger partial charge is 0.331 e. The highest BCUT2D eigenvalue weighted by molar-refractivity contribution is 7.47. The van der Waals surface area contributed by atoms with Crippen molar-refractivity contribution in [2.45, 2.75) is 92.4 Å². The van der Waals surface area contributed by atoms with Crippen LogP contribution in [0.1, 0.15) is 67.4 Å². The van der Waals surface area contributed by atoms with Gasteiger partial charge in [-0.3, -0.25) is 0 Å². The fraction of sp³-hybridized carbons (Fsp3) is 0.429. The normalized spacial score (nSPS) is 13.1. The standard InChI is InChI=1S/C35H45N2OP/c1-23(2)36(24(3)4)39(37(25(5)6)26(7)8)38-22-12-15-27-20-21-33-31-18-10-14-28-13-9-17-30(34(28)31)32-19-11-16-29(27)35(32)33/h9-11,13-14,16-21,23-26H,12,15,22H2,1-8H3. The third-order valence-electron chi connectivity index (χ3n) is 7.92. The molecule has 0 amide bonds. The first-order valence-corrected chi connectivity index (χ1v) is 15.9. The zero-order valence-corrected chi connectivity index (χ0v) is 25.9. The first kappa shape index (κ1) is 28.2. The molecule has 3 nitrogen and oxygen atoms in total. The molecular formula is C35H45N2OP. The molecule has 0 bridgehead atoms. The monoisotopic (exact) mass is 540 g/mol. The minimum atomic E-state index is -0.845. The van der Waals surface area contributed by atoms with E-state index in [9.17, 15) is 0 Å². The average Bonchev–Trinajstić information content (AvgIpc) is 2.89. The van der Waals surface area contributed by atoms with Gasteiger partial charge in [0.05, 0.1) is 6.61 Å². The second kappa shape index (κ2) is 11.7. The van der Waals surface area contributed by atoms with Crippen LogP contribution in [-0.4, -0.2) is 40.1 Å². The number of rotatable bonds is 11. The maximum atomic E-state index is 6.83. The molecule has 0 aromatic heterocycles. The van der Waals surface area contributed by atoms with Crippen molar-refractivity contribution >= 4 is 51.5 Å². The van der Waals surface area contributed by atoms with E-state index in [0.29, 0.717) is 24.2 Å². The predicted octanol–water partition coefficient (Wildman–Crippen LogP) is 10.2. The lowest BCUT2D eigenvalue weighted by Gasteiger charge is -2.45. The highest BCUT2D eigenvalue weighted by atomic mass is 31.2. The Balaban J connectivity index is 1.44. The van der Waals surface area contributed by atoms with Crippen LogP contribution in [0.25, 0.3) is 43.1 Å². The van der Waals surface area contributed by atoms with Gasteiger partial charge in [0.15, 0.2) is 8.45 Å². The number of benzene rings is 5. The molecule has 0 N–H and O–H groups in total. The van der Waals surface area contributed by atoms with Gasteiger partial charge in [-0.25, -0.2) is 9.34 Å². The molecule has 0 aliphatic heterocycles. The van der Waals surface area contributed by atoms with E-state index in [4.69, 9.17) is 4.52 Å². The number of fused-ring (bicyclic) bond motifs is 2. The summed E-state index contributed by atoms with van der Waals surface area (Å²) in [4.78, 5) is 0. The van der Waals surface area contributed by atoms with Gasteiger partial charge in [-0.05, 0) is 117 Å². The Bertz CT molecular complexity index is 1470. The number of nitrogens with zero attached hydrogens (tertiary/aromatic N) is 2. The molecule has 5 rings (SSSR count). The molecule has 0 heterocycles. The van der Waals surface area contributed by atoms with Gasteiger partial charge in [0.25, 0.3) is 0 Å². The molecule has 5 aromatic carbocycles. The molecule has 0 saturated carbocycles. The lowest BCUT2D eigenvalue weighted by atomic mass is 9.88. The molecule has 4 heteroatoms. The molecule has 0 saturated heterocycles. The zero-order valence-electron chi connectivity index (χ0n) is 25.0. The molecule has 0 spiro atoms. The van der Waals surface area contributed by atoms with E-state index in [1.165, 1.54) is 48.7 Å². The van der Waals surface area contributed by atoms with Gasteiger partial charge in [0, 0.05) is 24.2 Å². The highest BCUT2D eigenvalue weighted by Crippen LogP contribution is 2.51. The Kier molecular flexibility index (Phi) is 8.45.